The molecule has 1 rings (SSSR count). The van der Waals surface area contributed by atoms with Crippen molar-refractivity contribution >= 4 is 23.6 Å². The van der Waals surface area contributed by atoms with Crippen molar-refractivity contribution in [3.8, 4) is 0 Å². The van der Waals surface area contributed by atoms with Crippen molar-refractivity contribution in [2.75, 3.05) is 18.1 Å². The Hall–Kier alpha value is -0.750. The molecule has 0 aromatic carbocycles. The molecule has 1 atom stereocenters. The van der Waals surface area contributed by atoms with Gasteiger partial charge in [0.15, 0.2) is 0 Å². The Labute approximate surface area is 118 Å². The molecule has 1 fully saturated rings. The lowest BCUT2D eigenvalue weighted by Gasteiger charge is -2.25. The summed E-state index contributed by atoms with van der Waals surface area (Å²) in [6.45, 7) is 4.25. The Morgan fingerprint density at radius 3 is 2.63 bits per heavy atom. The monoisotopic (exact) mass is 288 g/mol. The molecule has 110 valence electrons. The van der Waals surface area contributed by atoms with E-state index < -0.39 is 11.5 Å². The summed E-state index contributed by atoms with van der Waals surface area (Å²) < 4.78 is 0. The topological polar surface area (TPSA) is 78.4 Å². The molecule has 19 heavy (non-hydrogen) atoms. The second kappa shape index (κ2) is 7.75. The van der Waals surface area contributed by atoms with Crippen LogP contribution in [0.4, 0.5) is 0 Å². The third-order valence-corrected chi connectivity index (χ3v) is 4.22. The molecular formula is C13H24N2O3S. The summed E-state index contributed by atoms with van der Waals surface area (Å²) in [7, 11) is 0. The summed E-state index contributed by atoms with van der Waals surface area (Å²) in [5, 5.41) is 15.1. The maximum atomic E-state index is 11.4. The Morgan fingerprint density at radius 1 is 1.42 bits per heavy atom. The number of nitrogens with one attached hydrogen (secondary N) is 2. The summed E-state index contributed by atoms with van der Waals surface area (Å²) in [5.74, 6) is 0.569. The van der Waals surface area contributed by atoms with Crippen molar-refractivity contribution in [3.63, 3.8) is 0 Å². The zero-order chi connectivity index (χ0) is 14.3. The van der Waals surface area contributed by atoms with Crippen LogP contribution in [0.25, 0.3) is 0 Å². The van der Waals surface area contributed by atoms with Crippen LogP contribution in [0.2, 0.25) is 0 Å². The minimum absolute atomic E-state index is 0.0974. The molecule has 0 saturated heterocycles. The first kappa shape index (κ1) is 16.3. The predicted octanol–water partition coefficient (Wildman–Crippen LogP) is 1.23. The van der Waals surface area contributed by atoms with Gasteiger partial charge in [0.25, 0.3) is 0 Å². The van der Waals surface area contributed by atoms with E-state index in [0.29, 0.717) is 24.8 Å². The summed E-state index contributed by atoms with van der Waals surface area (Å²) in [4.78, 5) is 22.6. The highest BCUT2D eigenvalue weighted by Gasteiger charge is 2.31. The maximum absolute atomic E-state index is 11.4. The predicted molar refractivity (Wildman–Crippen MR) is 77.4 cm³/mol. The third-order valence-electron chi connectivity index (χ3n) is 3.18. The van der Waals surface area contributed by atoms with E-state index in [1.165, 1.54) is 0 Å². The number of aliphatic carboxylic acids is 1. The van der Waals surface area contributed by atoms with Crippen LogP contribution in [0.1, 0.15) is 39.5 Å². The van der Waals surface area contributed by atoms with E-state index in [-0.39, 0.29) is 5.91 Å². The highest BCUT2D eigenvalue weighted by molar-refractivity contribution is 7.99. The van der Waals surface area contributed by atoms with Gasteiger partial charge in [-0.1, -0.05) is 6.92 Å². The van der Waals surface area contributed by atoms with Crippen LogP contribution >= 0.6 is 11.8 Å². The summed E-state index contributed by atoms with van der Waals surface area (Å²) in [6, 6.07) is 0.414. The number of amides is 1. The molecule has 0 aromatic rings. The Kier molecular flexibility index (Phi) is 6.65. The molecule has 1 aliphatic rings. The molecule has 0 aliphatic heterocycles. The van der Waals surface area contributed by atoms with Crippen LogP contribution in [0.3, 0.4) is 0 Å². The van der Waals surface area contributed by atoms with Crippen molar-refractivity contribution in [2.45, 2.75) is 51.1 Å². The van der Waals surface area contributed by atoms with Gasteiger partial charge in [0.2, 0.25) is 5.91 Å². The van der Waals surface area contributed by atoms with Gasteiger partial charge in [-0.05, 0) is 44.9 Å². The van der Waals surface area contributed by atoms with Gasteiger partial charge in [-0.15, -0.1) is 0 Å². The molecule has 0 bridgehead atoms. The number of rotatable bonds is 10. The van der Waals surface area contributed by atoms with Crippen molar-refractivity contribution in [1.29, 1.82) is 0 Å². The zero-order valence-electron chi connectivity index (χ0n) is 11.7. The van der Waals surface area contributed by atoms with E-state index in [2.05, 4.69) is 10.6 Å². The number of hydrogen-bond donors (Lipinski definition) is 3. The molecule has 0 aromatic heterocycles. The largest absolute Gasteiger partial charge is 0.480 e. The molecule has 0 radical (unpaired) electrons. The number of hydrogen-bond acceptors (Lipinski definition) is 4. The fourth-order valence-corrected chi connectivity index (χ4v) is 2.61. The van der Waals surface area contributed by atoms with Gasteiger partial charge in [-0.25, -0.2) is 0 Å². The van der Waals surface area contributed by atoms with Crippen molar-refractivity contribution in [1.82, 2.24) is 10.6 Å². The lowest BCUT2D eigenvalue weighted by atomic mass is 9.96. The molecular weight excluding hydrogens is 264 g/mol. The standard InChI is InChI=1S/C13H24N2O3S/c1-3-14-13(2,12(17)18)7-4-8-19-9-11(16)15-10-5-6-10/h10,14H,3-9H2,1-2H3,(H,15,16)(H,17,18). The maximum Gasteiger partial charge on any atom is 0.323 e. The first-order chi connectivity index (χ1) is 8.98. The van der Waals surface area contributed by atoms with Crippen molar-refractivity contribution in [2.24, 2.45) is 0 Å². The average molecular weight is 288 g/mol. The molecule has 5 nitrogen and oxygen atoms in total. The number of carboxylic acids is 1. The molecule has 1 aliphatic carbocycles. The molecule has 1 unspecified atom stereocenters. The average Bonchev–Trinajstić information content (AvgIpc) is 3.12. The molecule has 3 N–H and O–H groups in total. The molecule has 0 heterocycles. The second-order valence-electron chi connectivity index (χ2n) is 5.17. The number of carbonyl (C=O) groups is 2. The number of carboxylic acid groups (broad SMARTS) is 1. The Balaban J connectivity index is 2.10. The SMILES string of the molecule is CCNC(C)(CCCSCC(=O)NC1CC1)C(=O)O. The molecule has 1 saturated carbocycles. The number of carbonyl (C=O) groups excluding carboxylic acids is 1. The summed E-state index contributed by atoms with van der Waals surface area (Å²) >= 11 is 1.57. The van der Waals surface area contributed by atoms with Crippen LogP contribution in [0, 0.1) is 0 Å². The van der Waals surface area contributed by atoms with E-state index in [0.717, 1.165) is 25.0 Å². The summed E-state index contributed by atoms with van der Waals surface area (Å²) in [5.41, 5.74) is -0.856. The van der Waals surface area contributed by atoms with Crippen LogP contribution in [0.5, 0.6) is 0 Å². The molecule has 0 spiro atoms. The smallest absolute Gasteiger partial charge is 0.323 e. The normalized spacial score (nSPS) is 17.8. The Bertz CT molecular complexity index is 321. The first-order valence-corrected chi connectivity index (χ1v) is 7.99. The van der Waals surface area contributed by atoms with Gasteiger partial charge >= 0.3 is 5.97 Å². The van der Waals surface area contributed by atoms with E-state index in [9.17, 15) is 14.7 Å². The second-order valence-corrected chi connectivity index (χ2v) is 6.27. The fourth-order valence-electron chi connectivity index (χ4n) is 1.85. The van der Waals surface area contributed by atoms with Crippen molar-refractivity contribution < 1.29 is 14.7 Å². The van der Waals surface area contributed by atoms with Gasteiger partial charge in [-0.3, -0.25) is 9.59 Å². The lowest BCUT2D eigenvalue weighted by Crippen LogP contribution is -2.49. The minimum atomic E-state index is -0.856. The first-order valence-electron chi connectivity index (χ1n) is 6.83. The number of likely N-dealkylation sites (N-methyl/N-ethyl adjacent to an activating group) is 1. The fraction of sp³-hybridized carbons (Fsp3) is 0.846. The van der Waals surface area contributed by atoms with Crippen LogP contribution < -0.4 is 10.6 Å². The van der Waals surface area contributed by atoms with Crippen LogP contribution in [-0.2, 0) is 9.59 Å². The van der Waals surface area contributed by atoms with E-state index in [1.807, 2.05) is 6.92 Å². The van der Waals surface area contributed by atoms with Gasteiger partial charge in [0.1, 0.15) is 5.54 Å². The number of thioether (sulfide) groups is 1. The van der Waals surface area contributed by atoms with Gasteiger partial charge < -0.3 is 15.7 Å². The highest BCUT2D eigenvalue weighted by Crippen LogP contribution is 2.19. The molecule has 1 amide bonds. The van der Waals surface area contributed by atoms with Gasteiger partial charge in [0.05, 0.1) is 5.75 Å². The molecule has 6 heteroatoms. The van der Waals surface area contributed by atoms with E-state index in [4.69, 9.17) is 0 Å². The van der Waals surface area contributed by atoms with Crippen molar-refractivity contribution in [3.05, 3.63) is 0 Å². The lowest BCUT2D eigenvalue weighted by molar-refractivity contribution is -0.144. The van der Waals surface area contributed by atoms with Gasteiger partial charge in [0, 0.05) is 6.04 Å². The highest BCUT2D eigenvalue weighted by atomic mass is 32.2. The summed E-state index contributed by atoms with van der Waals surface area (Å²) in [6.07, 6.45) is 3.58. The van der Waals surface area contributed by atoms with Gasteiger partial charge in [-0.2, -0.15) is 11.8 Å². The van der Waals surface area contributed by atoms with E-state index >= 15 is 0 Å². The quantitative estimate of drug-likeness (QED) is 0.527. The Morgan fingerprint density at radius 2 is 2.11 bits per heavy atom. The van der Waals surface area contributed by atoms with E-state index in [1.54, 1.807) is 18.7 Å². The minimum Gasteiger partial charge on any atom is -0.480 e. The van der Waals surface area contributed by atoms with Crippen LogP contribution in [0.15, 0.2) is 0 Å². The zero-order valence-corrected chi connectivity index (χ0v) is 12.5. The van der Waals surface area contributed by atoms with Crippen LogP contribution in [-0.4, -0.2) is 46.6 Å². The third kappa shape index (κ3) is 6.29.